The fourth-order valence-corrected chi connectivity index (χ4v) is 3.62. The number of amides is 1. The molecule has 0 spiro atoms. The van der Waals surface area contributed by atoms with Crippen LogP contribution in [0.5, 0.6) is 5.88 Å². The van der Waals surface area contributed by atoms with Crippen molar-refractivity contribution in [2.45, 2.75) is 19.5 Å². The van der Waals surface area contributed by atoms with Gasteiger partial charge < -0.3 is 10.1 Å². The maximum atomic E-state index is 12.4. The van der Waals surface area contributed by atoms with Gasteiger partial charge in [0.15, 0.2) is 17.2 Å². The van der Waals surface area contributed by atoms with Gasteiger partial charge in [0.25, 0.3) is 5.91 Å². The van der Waals surface area contributed by atoms with E-state index in [1.807, 2.05) is 29.6 Å². The fourth-order valence-electron chi connectivity index (χ4n) is 2.93. The van der Waals surface area contributed by atoms with E-state index in [-0.39, 0.29) is 12.5 Å². The van der Waals surface area contributed by atoms with Crippen LogP contribution in [0.25, 0.3) is 16.2 Å². The third-order valence-corrected chi connectivity index (χ3v) is 5.14. The highest BCUT2D eigenvalue weighted by atomic mass is 32.1. The lowest BCUT2D eigenvalue weighted by atomic mass is 10.3. The molecule has 0 atom stereocenters. The molecule has 4 aromatic rings. The van der Waals surface area contributed by atoms with Crippen molar-refractivity contribution in [3.8, 4) is 16.5 Å². The Morgan fingerprint density at radius 2 is 2.22 bits per heavy atom. The molecule has 0 saturated heterocycles. The summed E-state index contributed by atoms with van der Waals surface area (Å²) in [4.78, 5) is 13.5. The molecule has 1 aliphatic rings. The van der Waals surface area contributed by atoms with E-state index >= 15 is 0 Å². The van der Waals surface area contributed by atoms with Gasteiger partial charge in [-0.1, -0.05) is 6.07 Å². The van der Waals surface area contributed by atoms with Gasteiger partial charge in [-0.25, -0.2) is 4.68 Å². The highest BCUT2D eigenvalue weighted by Crippen LogP contribution is 2.22. The van der Waals surface area contributed by atoms with Crippen molar-refractivity contribution in [1.29, 1.82) is 0 Å². The quantitative estimate of drug-likeness (QED) is 0.578. The number of nitrogens with one attached hydrogen (secondary N) is 1. The maximum Gasteiger partial charge on any atom is 0.272 e. The lowest BCUT2D eigenvalue weighted by Crippen LogP contribution is -2.25. The first-order valence-corrected chi connectivity index (χ1v) is 9.40. The van der Waals surface area contributed by atoms with Gasteiger partial charge in [0.2, 0.25) is 5.88 Å². The van der Waals surface area contributed by atoms with E-state index in [9.17, 15) is 4.79 Å². The van der Waals surface area contributed by atoms with Crippen LogP contribution in [0.2, 0.25) is 0 Å². The second-order valence-corrected chi connectivity index (χ2v) is 7.01. The predicted octanol–water partition coefficient (Wildman–Crippen LogP) is 1.76. The molecule has 27 heavy (non-hydrogen) atoms. The van der Waals surface area contributed by atoms with Crippen molar-refractivity contribution >= 4 is 22.9 Å². The Morgan fingerprint density at radius 1 is 1.26 bits per heavy atom. The Labute approximate surface area is 157 Å². The molecule has 1 aliphatic heterocycles. The van der Waals surface area contributed by atoms with Gasteiger partial charge in [0, 0.05) is 19.0 Å². The molecule has 0 bridgehead atoms. The Bertz CT molecular complexity index is 1090. The maximum absolute atomic E-state index is 12.4. The van der Waals surface area contributed by atoms with Gasteiger partial charge in [-0.2, -0.15) is 14.7 Å². The van der Waals surface area contributed by atoms with Crippen molar-refractivity contribution < 1.29 is 9.53 Å². The van der Waals surface area contributed by atoms with Gasteiger partial charge in [0.05, 0.1) is 18.0 Å². The van der Waals surface area contributed by atoms with Gasteiger partial charge in [0.1, 0.15) is 5.69 Å². The van der Waals surface area contributed by atoms with Crippen LogP contribution in [0.4, 0.5) is 0 Å². The summed E-state index contributed by atoms with van der Waals surface area (Å²) in [5.74, 6) is 0.894. The molecule has 10 heteroatoms. The van der Waals surface area contributed by atoms with Crippen molar-refractivity contribution in [2.24, 2.45) is 0 Å². The van der Waals surface area contributed by atoms with Crippen LogP contribution in [-0.4, -0.2) is 42.1 Å². The Balaban J connectivity index is 1.36. The number of carbonyl (C=O) groups excluding carboxylic acids is 1. The summed E-state index contributed by atoms with van der Waals surface area (Å²) in [5.41, 5.74) is 1.79. The van der Waals surface area contributed by atoms with E-state index < -0.39 is 0 Å². The Kier molecular flexibility index (Phi) is 3.82. The number of ether oxygens (including phenoxy) is 1. The molecular weight excluding hydrogens is 366 g/mol. The molecule has 0 fully saturated rings. The van der Waals surface area contributed by atoms with E-state index in [0.717, 1.165) is 23.5 Å². The van der Waals surface area contributed by atoms with Crippen LogP contribution in [0.3, 0.4) is 0 Å². The first-order valence-electron chi connectivity index (χ1n) is 8.52. The third-order valence-electron chi connectivity index (χ3n) is 4.25. The van der Waals surface area contributed by atoms with Crippen molar-refractivity contribution in [2.75, 3.05) is 6.61 Å². The molecule has 0 radical (unpaired) electrons. The first-order chi connectivity index (χ1) is 13.3. The summed E-state index contributed by atoms with van der Waals surface area (Å²) in [6, 6.07) is 9.42. The number of hydrogen-bond donors (Lipinski definition) is 1. The molecule has 1 N–H and O–H groups in total. The normalized spacial score (nSPS) is 13.3. The molecule has 0 saturated carbocycles. The zero-order valence-electron chi connectivity index (χ0n) is 14.2. The molecule has 0 unspecified atom stereocenters. The van der Waals surface area contributed by atoms with Crippen LogP contribution >= 0.6 is 11.3 Å². The number of rotatable bonds is 4. The zero-order chi connectivity index (χ0) is 18.2. The molecule has 9 nitrogen and oxygen atoms in total. The minimum Gasteiger partial charge on any atom is -0.478 e. The number of hydrogen-bond acceptors (Lipinski definition) is 7. The monoisotopic (exact) mass is 381 g/mol. The Hall–Kier alpha value is -3.27. The minimum atomic E-state index is -0.285. The molecular formula is C17H15N7O2S. The van der Waals surface area contributed by atoms with Crippen LogP contribution in [0.15, 0.2) is 35.7 Å². The summed E-state index contributed by atoms with van der Waals surface area (Å²) in [7, 11) is 0. The zero-order valence-corrected chi connectivity index (χ0v) is 15.0. The van der Waals surface area contributed by atoms with E-state index in [1.165, 1.54) is 0 Å². The van der Waals surface area contributed by atoms with Crippen LogP contribution < -0.4 is 10.1 Å². The summed E-state index contributed by atoms with van der Waals surface area (Å²) in [5, 5.41) is 21.9. The topological polar surface area (TPSA) is 99.2 Å². The predicted molar refractivity (Wildman–Crippen MR) is 97.6 cm³/mol. The highest BCUT2D eigenvalue weighted by molar-refractivity contribution is 7.13. The number of aryl methyl sites for hydroxylation is 1. The summed E-state index contributed by atoms with van der Waals surface area (Å²) in [6.45, 7) is 1.60. The second-order valence-electron chi connectivity index (χ2n) is 6.06. The summed E-state index contributed by atoms with van der Waals surface area (Å²) < 4.78 is 8.85. The smallest absolute Gasteiger partial charge is 0.272 e. The van der Waals surface area contributed by atoms with Gasteiger partial charge in [-0.05, 0) is 23.6 Å². The average molecular weight is 381 g/mol. The van der Waals surface area contributed by atoms with E-state index in [1.54, 1.807) is 26.6 Å². The standard InChI is InChI=1S/C17H15N7O2S/c25-17(12-9-16-23(21-12)6-2-7-26-16)18-10-15-20-19-14-5-4-11(22-24(14)15)13-3-1-8-27-13/h1,3-5,8-9H,2,6-7,10H2,(H,18,25). The molecule has 5 rings (SSSR count). The number of carbonyl (C=O) groups is 1. The molecule has 5 heterocycles. The van der Waals surface area contributed by atoms with Crippen LogP contribution in [-0.2, 0) is 13.1 Å². The SMILES string of the molecule is O=C(NCc1nnc2ccc(-c3cccs3)nn12)c1cc2n(n1)CCCO2. The number of aromatic nitrogens is 6. The fraction of sp³-hybridized carbons (Fsp3) is 0.235. The second kappa shape index (κ2) is 6.47. The minimum absolute atomic E-state index is 0.198. The van der Waals surface area contributed by atoms with Crippen LogP contribution in [0, 0.1) is 0 Å². The molecule has 4 aromatic heterocycles. The van der Waals surface area contributed by atoms with E-state index in [0.29, 0.717) is 29.7 Å². The van der Waals surface area contributed by atoms with Gasteiger partial charge in [-0.3, -0.25) is 4.79 Å². The summed E-state index contributed by atoms with van der Waals surface area (Å²) >= 11 is 1.61. The van der Waals surface area contributed by atoms with Crippen LogP contribution in [0.1, 0.15) is 22.7 Å². The molecule has 1 amide bonds. The van der Waals surface area contributed by atoms with E-state index in [2.05, 4.69) is 25.7 Å². The lowest BCUT2D eigenvalue weighted by Gasteiger charge is -2.13. The molecule has 0 aromatic carbocycles. The third kappa shape index (κ3) is 2.93. The first kappa shape index (κ1) is 15.9. The highest BCUT2D eigenvalue weighted by Gasteiger charge is 2.18. The lowest BCUT2D eigenvalue weighted by molar-refractivity contribution is 0.0943. The van der Waals surface area contributed by atoms with Gasteiger partial charge in [-0.15, -0.1) is 21.5 Å². The molecule has 0 aliphatic carbocycles. The molecule has 136 valence electrons. The number of nitrogens with zero attached hydrogens (tertiary/aromatic N) is 6. The number of thiophene rings is 1. The van der Waals surface area contributed by atoms with Gasteiger partial charge >= 0.3 is 0 Å². The number of fused-ring (bicyclic) bond motifs is 2. The van der Waals surface area contributed by atoms with Crippen molar-refractivity contribution in [1.82, 2.24) is 34.9 Å². The van der Waals surface area contributed by atoms with Crippen molar-refractivity contribution in [3.63, 3.8) is 0 Å². The van der Waals surface area contributed by atoms with E-state index in [4.69, 9.17) is 4.74 Å². The summed E-state index contributed by atoms with van der Waals surface area (Å²) in [6.07, 6.45) is 0.889. The largest absolute Gasteiger partial charge is 0.478 e. The average Bonchev–Trinajstić information content (AvgIpc) is 3.44. The van der Waals surface area contributed by atoms with Crippen molar-refractivity contribution in [3.05, 3.63) is 47.2 Å². The Morgan fingerprint density at radius 3 is 3.07 bits per heavy atom.